The number of nitrogens with zero attached hydrogens (tertiary/aromatic N) is 1. The first kappa shape index (κ1) is 26.9. The molecule has 0 N–H and O–H groups in total. The Bertz CT molecular complexity index is 483. The summed E-state index contributed by atoms with van der Waals surface area (Å²) in [5.41, 5.74) is -12.4. The molecule has 0 saturated heterocycles. The summed E-state index contributed by atoms with van der Waals surface area (Å²) in [5.74, 6) is -3.87. The summed E-state index contributed by atoms with van der Waals surface area (Å²) in [7, 11) is 0. The van der Waals surface area contributed by atoms with E-state index in [1.54, 1.807) is 0 Å². The normalized spacial score (nSPS) is 15.1. The highest BCUT2D eigenvalue weighted by atomic mass is 32.2. The molecule has 0 fully saturated rings. The molecule has 0 unspecified atom stereocenters. The highest BCUT2D eigenvalue weighted by Crippen LogP contribution is 2.54. The summed E-state index contributed by atoms with van der Waals surface area (Å²) in [6.07, 6.45) is -34.2. The minimum atomic E-state index is -6.75. The number of thioether (sulfide) groups is 1. The fourth-order valence-corrected chi connectivity index (χ4v) is 2.67. The van der Waals surface area contributed by atoms with Crippen molar-refractivity contribution in [2.75, 3.05) is 5.75 Å². The molecule has 166 valence electrons. The number of nitriles is 1. The van der Waals surface area contributed by atoms with Gasteiger partial charge in [-0.2, -0.15) is 57.9 Å². The van der Waals surface area contributed by atoms with Crippen molar-refractivity contribution in [2.24, 2.45) is 5.92 Å². The highest BCUT2D eigenvalue weighted by Gasteiger charge is 2.75. The van der Waals surface area contributed by atoms with Crippen LogP contribution >= 0.6 is 11.8 Å². The molecule has 16 heteroatoms. The number of rotatable bonds is 7. The van der Waals surface area contributed by atoms with Crippen LogP contribution in [0.25, 0.3) is 0 Å². The number of thiocyanates is 1. The summed E-state index contributed by atoms with van der Waals surface area (Å²) in [6.45, 7) is 0. The lowest BCUT2D eigenvalue weighted by molar-refractivity contribution is -0.356. The Balaban J connectivity index is 6.12. The van der Waals surface area contributed by atoms with Crippen LogP contribution in [0.5, 0.6) is 0 Å². The Morgan fingerprint density at radius 2 is 0.893 bits per heavy atom. The maximum atomic E-state index is 13.7. The maximum Gasteiger partial charge on any atom is 0.431 e. The molecule has 0 aliphatic carbocycles. The summed E-state index contributed by atoms with van der Waals surface area (Å²) >= 11 is 0.0541. The summed E-state index contributed by atoms with van der Waals surface area (Å²) < 4.78 is 178. The number of alkyl halides is 14. The van der Waals surface area contributed by atoms with Gasteiger partial charge in [-0.15, -0.1) is 0 Å². The molecule has 0 atom stereocenters. The zero-order valence-electron chi connectivity index (χ0n) is 13.1. The van der Waals surface area contributed by atoms with Crippen LogP contribution in [0.2, 0.25) is 0 Å². The van der Waals surface area contributed by atoms with E-state index in [1.165, 1.54) is 5.40 Å². The summed E-state index contributed by atoms with van der Waals surface area (Å²) in [5, 5.41) is 9.42. The van der Waals surface area contributed by atoms with Crippen LogP contribution in [-0.4, -0.2) is 41.8 Å². The van der Waals surface area contributed by atoms with Gasteiger partial charge in [0.1, 0.15) is 5.40 Å². The van der Waals surface area contributed by atoms with Crippen LogP contribution in [0.15, 0.2) is 0 Å². The molecule has 0 saturated carbocycles. The van der Waals surface area contributed by atoms with E-state index < -0.39 is 67.0 Å². The first-order valence-electron chi connectivity index (χ1n) is 6.79. The second-order valence-corrected chi connectivity index (χ2v) is 6.48. The molecule has 0 radical (unpaired) electrons. The maximum absolute atomic E-state index is 13.7. The van der Waals surface area contributed by atoms with Gasteiger partial charge in [0, 0.05) is 18.6 Å². The van der Waals surface area contributed by atoms with Crippen molar-refractivity contribution >= 4 is 11.8 Å². The Morgan fingerprint density at radius 1 is 0.607 bits per heavy atom. The van der Waals surface area contributed by atoms with E-state index in [2.05, 4.69) is 0 Å². The summed E-state index contributed by atoms with van der Waals surface area (Å²) in [4.78, 5) is 0. The molecule has 0 amide bonds. The zero-order chi connectivity index (χ0) is 22.8. The minimum Gasteiger partial charge on any atom is -0.224 e. The smallest absolute Gasteiger partial charge is 0.224 e. The van der Waals surface area contributed by atoms with Crippen molar-refractivity contribution in [2.45, 2.75) is 55.3 Å². The van der Waals surface area contributed by atoms with Crippen molar-refractivity contribution in [3.63, 3.8) is 0 Å². The van der Waals surface area contributed by atoms with E-state index in [0.717, 1.165) is 0 Å². The van der Waals surface area contributed by atoms with E-state index in [4.69, 9.17) is 5.26 Å². The van der Waals surface area contributed by atoms with Gasteiger partial charge >= 0.3 is 24.7 Å². The van der Waals surface area contributed by atoms with E-state index in [-0.39, 0.29) is 11.8 Å². The highest BCUT2D eigenvalue weighted by molar-refractivity contribution is 8.03. The second-order valence-electron chi connectivity index (χ2n) is 5.60. The molecule has 0 aromatic rings. The van der Waals surface area contributed by atoms with Crippen LogP contribution in [-0.2, 0) is 0 Å². The van der Waals surface area contributed by atoms with Gasteiger partial charge < -0.3 is 0 Å². The molecular formula is C12H9F14NS. The van der Waals surface area contributed by atoms with Crippen molar-refractivity contribution in [1.29, 1.82) is 5.26 Å². The fraction of sp³-hybridized carbons (Fsp3) is 0.917. The lowest BCUT2D eigenvalue weighted by Crippen LogP contribution is -2.57. The second kappa shape index (κ2) is 8.31. The minimum absolute atomic E-state index is 0.0541. The fourth-order valence-electron chi connectivity index (χ4n) is 2.13. The third-order valence-electron chi connectivity index (χ3n) is 3.63. The van der Waals surface area contributed by atoms with Crippen LogP contribution < -0.4 is 0 Å². The molecule has 0 aromatic heterocycles. The Labute approximate surface area is 152 Å². The van der Waals surface area contributed by atoms with Gasteiger partial charge in [-0.1, -0.05) is 0 Å². The summed E-state index contributed by atoms with van der Waals surface area (Å²) in [6, 6.07) is 0. The Hall–Kier alpha value is -1.14. The quantitative estimate of drug-likeness (QED) is 0.239. The standard InChI is InChI=1S/C12H9F14NS/c13-7(9(15,16)17,10(18,19)20)3-6(1-2-28-5-27)4-8(14,11(21,22)23)12(24,25)26/h6H,1-4H2. The molecule has 28 heavy (non-hydrogen) atoms. The Morgan fingerprint density at radius 3 is 1.11 bits per heavy atom. The third-order valence-corrected chi connectivity index (χ3v) is 4.20. The zero-order valence-corrected chi connectivity index (χ0v) is 13.9. The average Bonchev–Trinajstić information content (AvgIpc) is 2.42. The molecule has 0 rings (SSSR count). The van der Waals surface area contributed by atoms with Gasteiger partial charge in [-0.3, -0.25) is 0 Å². The van der Waals surface area contributed by atoms with E-state index in [9.17, 15) is 61.5 Å². The monoisotopic (exact) mass is 465 g/mol. The van der Waals surface area contributed by atoms with Crippen molar-refractivity contribution in [3.8, 4) is 5.40 Å². The molecule has 0 spiro atoms. The molecule has 0 heterocycles. The predicted molar refractivity (Wildman–Crippen MR) is 67.3 cm³/mol. The van der Waals surface area contributed by atoms with Crippen LogP contribution in [0, 0.1) is 16.6 Å². The van der Waals surface area contributed by atoms with Gasteiger partial charge in [-0.05, 0) is 24.1 Å². The van der Waals surface area contributed by atoms with Crippen LogP contribution in [0.1, 0.15) is 19.3 Å². The van der Waals surface area contributed by atoms with Crippen molar-refractivity contribution in [1.82, 2.24) is 0 Å². The van der Waals surface area contributed by atoms with Crippen LogP contribution in [0.3, 0.4) is 0 Å². The van der Waals surface area contributed by atoms with Crippen molar-refractivity contribution in [3.05, 3.63) is 0 Å². The SMILES string of the molecule is N#CSCCC(CC(F)(C(F)(F)F)C(F)(F)F)CC(F)(C(F)(F)F)C(F)(F)F. The van der Waals surface area contributed by atoms with Crippen molar-refractivity contribution < 1.29 is 61.5 Å². The third kappa shape index (κ3) is 5.69. The van der Waals surface area contributed by atoms with Gasteiger partial charge in [-0.25, -0.2) is 8.78 Å². The topological polar surface area (TPSA) is 23.8 Å². The Kier molecular flexibility index (Phi) is 7.97. The number of halogens is 14. The van der Waals surface area contributed by atoms with E-state index >= 15 is 0 Å². The van der Waals surface area contributed by atoms with E-state index in [0.29, 0.717) is 0 Å². The van der Waals surface area contributed by atoms with Gasteiger partial charge in [0.2, 0.25) is 0 Å². The average molecular weight is 465 g/mol. The predicted octanol–water partition coefficient (Wildman–Crippen LogP) is 6.65. The first-order chi connectivity index (χ1) is 12.1. The van der Waals surface area contributed by atoms with Gasteiger partial charge in [0.15, 0.2) is 0 Å². The van der Waals surface area contributed by atoms with Gasteiger partial charge in [0.25, 0.3) is 11.3 Å². The van der Waals surface area contributed by atoms with Crippen LogP contribution in [0.4, 0.5) is 61.5 Å². The molecular weight excluding hydrogens is 456 g/mol. The molecule has 0 bridgehead atoms. The lowest BCUT2D eigenvalue weighted by Gasteiger charge is -2.37. The van der Waals surface area contributed by atoms with Gasteiger partial charge in [0.05, 0.1) is 0 Å². The number of hydrogen-bond donors (Lipinski definition) is 0. The molecule has 1 nitrogen and oxygen atoms in total. The lowest BCUT2D eigenvalue weighted by atomic mass is 9.81. The number of hydrogen-bond acceptors (Lipinski definition) is 2. The molecule has 0 aromatic carbocycles. The largest absolute Gasteiger partial charge is 0.431 e. The molecule has 0 aliphatic heterocycles. The molecule has 0 aliphatic rings. The first-order valence-corrected chi connectivity index (χ1v) is 7.78. The van der Waals surface area contributed by atoms with E-state index in [1.807, 2.05) is 0 Å².